The summed E-state index contributed by atoms with van der Waals surface area (Å²) in [7, 11) is 0. The molecule has 0 aliphatic heterocycles. The zero-order valence-electron chi connectivity index (χ0n) is 20.2. The number of rotatable bonds is 5. The normalized spacial score (nSPS) is 11.3. The first kappa shape index (κ1) is 25.1. The molecule has 0 bridgehead atoms. The van der Waals surface area contributed by atoms with Crippen LogP contribution in [0.1, 0.15) is 64.8 Å². The van der Waals surface area contributed by atoms with Crippen molar-refractivity contribution in [1.82, 2.24) is 15.0 Å². The van der Waals surface area contributed by atoms with Gasteiger partial charge in [-0.3, -0.25) is 4.79 Å². The molecular weight excluding hydrogens is 394 g/mol. The smallest absolute Gasteiger partial charge is 0.258 e. The molecule has 2 aromatic carbocycles. The number of aromatic nitrogens is 3. The zero-order valence-corrected chi connectivity index (χ0v) is 20.2. The number of para-hydroxylation sites is 1. The Hall–Kier alpha value is -3.14. The van der Waals surface area contributed by atoms with Gasteiger partial charge in [-0.05, 0) is 66.1 Å². The summed E-state index contributed by atoms with van der Waals surface area (Å²) in [4.78, 5) is 21.3. The number of hydrogen-bond acceptors (Lipinski definition) is 2. The maximum Gasteiger partial charge on any atom is 0.258 e. The van der Waals surface area contributed by atoms with Gasteiger partial charge >= 0.3 is 0 Å². The fourth-order valence-corrected chi connectivity index (χ4v) is 3.35. The molecule has 0 radical (unpaired) electrons. The summed E-state index contributed by atoms with van der Waals surface area (Å²) in [6, 6.07) is 15.9. The molecular formula is C28H37N3O. The van der Waals surface area contributed by atoms with E-state index in [9.17, 15) is 4.79 Å². The minimum Gasteiger partial charge on any atom is -0.361 e. The number of hydrogen-bond donors (Lipinski definition) is 2. The van der Waals surface area contributed by atoms with Crippen LogP contribution in [0.15, 0.2) is 66.1 Å². The molecule has 4 aromatic rings. The Morgan fingerprint density at radius 1 is 1.03 bits per heavy atom. The Morgan fingerprint density at radius 2 is 1.75 bits per heavy atom. The van der Waals surface area contributed by atoms with Gasteiger partial charge in [-0.15, -0.1) is 0 Å². The number of nitrogens with one attached hydrogen (secondary N) is 2. The van der Waals surface area contributed by atoms with E-state index in [-0.39, 0.29) is 5.56 Å². The molecule has 32 heavy (non-hydrogen) atoms. The average molecular weight is 432 g/mol. The molecule has 1 atom stereocenters. The monoisotopic (exact) mass is 431 g/mol. The lowest BCUT2D eigenvalue weighted by molar-refractivity contribution is 0.651. The van der Waals surface area contributed by atoms with Gasteiger partial charge in [-0.25, -0.2) is 4.98 Å². The summed E-state index contributed by atoms with van der Waals surface area (Å²) >= 11 is 0. The second-order valence-corrected chi connectivity index (χ2v) is 8.16. The van der Waals surface area contributed by atoms with Gasteiger partial charge in [0, 0.05) is 11.7 Å². The van der Waals surface area contributed by atoms with Crippen LogP contribution in [-0.2, 0) is 0 Å². The fraction of sp³-hybridized carbons (Fsp3) is 0.357. The summed E-state index contributed by atoms with van der Waals surface area (Å²) in [6.45, 7) is 14.8. The molecule has 0 aliphatic rings. The molecule has 0 saturated carbocycles. The van der Waals surface area contributed by atoms with Gasteiger partial charge in [0.25, 0.3) is 5.56 Å². The molecule has 2 aromatic heterocycles. The molecule has 4 rings (SSSR count). The highest BCUT2D eigenvalue weighted by atomic mass is 16.1. The van der Waals surface area contributed by atoms with E-state index >= 15 is 0 Å². The number of fused-ring (bicyclic) bond motifs is 2. The second-order valence-electron chi connectivity index (χ2n) is 8.16. The molecule has 170 valence electrons. The number of aryl methyl sites for hydroxylation is 1. The van der Waals surface area contributed by atoms with E-state index in [1.54, 1.807) is 13.0 Å². The number of aromatic amines is 2. The Labute approximate surface area is 191 Å². The van der Waals surface area contributed by atoms with E-state index in [2.05, 4.69) is 73.5 Å². The zero-order chi connectivity index (χ0) is 23.5. The number of allylic oxidation sites excluding steroid dienone is 1. The highest BCUT2D eigenvalue weighted by molar-refractivity contribution is 5.83. The van der Waals surface area contributed by atoms with E-state index in [1.165, 1.54) is 47.7 Å². The van der Waals surface area contributed by atoms with Crippen molar-refractivity contribution in [3.8, 4) is 0 Å². The average Bonchev–Trinajstić information content (AvgIpc) is 3.27. The molecule has 0 aliphatic carbocycles. The largest absolute Gasteiger partial charge is 0.361 e. The summed E-state index contributed by atoms with van der Waals surface area (Å²) in [5.74, 6) is 1.22. The molecule has 2 N–H and O–H groups in total. The fourth-order valence-electron chi connectivity index (χ4n) is 3.35. The molecule has 1 unspecified atom stereocenters. The number of nitrogens with zero attached hydrogens (tertiary/aromatic N) is 1. The van der Waals surface area contributed by atoms with E-state index in [0.29, 0.717) is 17.1 Å². The van der Waals surface area contributed by atoms with Crippen LogP contribution in [0, 0.1) is 12.8 Å². The van der Waals surface area contributed by atoms with Crippen molar-refractivity contribution in [2.75, 3.05) is 0 Å². The summed E-state index contributed by atoms with van der Waals surface area (Å²) in [6.07, 6.45) is 7.04. The Bertz CT molecular complexity index is 1180. The Kier molecular flexibility index (Phi) is 9.93. The van der Waals surface area contributed by atoms with Gasteiger partial charge in [-0.2, -0.15) is 0 Å². The number of unbranched alkanes of at least 4 members (excludes halogenated alkanes) is 1. The quantitative estimate of drug-likeness (QED) is 0.341. The van der Waals surface area contributed by atoms with Gasteiger partial charge in [0.05, 0.1) is 10.9 Å². The van der Waals surface area contributed by atoms with Gasteiger partial charge in [0.15, 0.2) is 0 Å². The van der Waals surface area contributed by atoms with Crippen LogP contribution >= 0.6 is 0 Å². The number of benzene rings is 2. The van der Waals surface area contributed by atoms with Crippen LogP contribution < -0.4 is 5.56 Å². The minimum atomic E-state index is -0.0712. The lowest BCUT2D eigenvalue weighted by atomic mass is 9.91. The van der Waals surface area contributed by atoms with Gasteiger partial charge < -0.3 is 9.97 Å². The number of H-pyrrole nitrogens is 2. The van der Waals surface area contributed by atoms with Crippen LogP contribution in [0.3, 0.4) is 0 Å². The van der Waals surface area contributed by atoms with Crippen molar-refractivity contribution in [2.24, 2.45) is 5.92 Å². The third kappa shape index (κ3) is 6.94. The third-order valence-corrected chi connectivity index (χ3v) is 5.47. The van der Waals surface area contributed by atoms with E-state index < -0.39 is 0 Å². The molecule has 2 heterocycles. The lowest BCUT2D eigenvalue weighted by Crippen LogP contribution is -2.09. The maximum atomic E-state index is 11.3. The summed E-state index contributed by atoms with van der Waals surface area (Å²) in [5, 5.41) is 1.91. The standard InChI is InChI=1S/C15H19N.C9H8N2O.C4H10/c1-4-5-11(2)12(3)13-6-7-15-14(10-13)8-9-16-15;1-6-10-8-5-3-2-4-7(8)9(12)11-6;1-3-4-2/h6-11,16H,3-5H2,1-2H3;2-5H,1H3,(H,10,11,12);3-4H2,1-2H3. The Morgan fingerprint density at radius 3 is 2.44 bits per heavy atom. The van der Waals surface area contributed by atoms with Crippen LogP contribution in [0.5, 0.6) is 0 Å². The predicted molar refractivity (Wildman–Crippen MR) is 139 cm³/mol. The van der Waals surface area contributed by atoms with E-state index in [0.717, 1.165) is 5.52 Å². The minimum absolute atomic E-state index is 0.0712. The van der Waals surface area contributed by atoms with Gasteiger partial charge in [-0.1, -0.05) is 71.7 Å². The van der Waals surface area contributed by atoms with Crippen molar-refractivity contribution in [3.05, 3.63) is 83.0 Å². The topological polar surface area (TPSA) is 61.5 Å². The molecule has 4 heteroatoms. The van der Waals surface area contributed by atoms with Gasteiger partial charge in [0.1, 0.15) is 5.82 Å². The van der Waals surface area contributed by atoms with Crippen molar-refractivity contribution in [2.45, 2.75) is 60.3 Å². The Balaban J connectivity index is 0.000000200. The van der Waals surface area contributed by atoms with Crippen LogP contribution in [0.2, 0.25) is 0 Å². The van der Waals surface area contributed by atoms with Crippen LogP contribution in [0.4, 0.5) is 0 Å². The van der Waals surface area contributed by atoms with Crippen LogP contribution in [-0.4, -0.2) is 15.0 Å². The van der Waals surface area contributed by atoms with Crippen molar-refractivity contribution in [1.29, 1.82) is 0 Å². The van der Waals surface area contributed by atoms with Crippen molar-refractivity contribution in [3.63, 3.8) is 0 Å². The van der Waals surface area contributed by atoms with E-state index in [1.807, 2.05) is 24.4 Å². The summed E-state index contributed by atoms with van der Waals surface area (Å²) in [5.41, 5.74) is 4.40. The van der Waals surface area contributed by atoms with Crippen molar-refractivity contribution < 1.29 is 0 Å². The SMILES string of the molecule is C=C(c1ccc2[nH]ccc2c1)C(C)CCC.CCCC.Cc1nc2ccccc2c(=O)[nH]1. The molecule has 0 amide bonds. The lowest BCUT2D eigenvalue weighted by Gasteiger charge is -2.14. The highest BCUT2D eigenvalue weighted by Gasteiger charge is 2.08. The third-order valence-electron chi connectivity index (χ3n) is 5.47. The van der Waals surface area contributed by atoms with E-state index in [4.69, 9.17) is 0 Å². The molecule has 0 saturated heterocycles. The second kappa shape index (κ2) is 12.7. The highest BCUT2D eigenvalue weighted by Crippen LogP contribution is 2.27. The molecule has 0 spiro atoms. The van der Waals surface area contributed by atoms with Crippen LogP contribution in [0.25, 0.3) is 27.4 Å². The molecule has 4 nitrogen and oxygen atoms in total. The molecule has 0 fully saturated rings. The van der Waals surface area contributed by atoms with Gasteiger partial charge in [0.2, 0.25) is 0 Å². The maximum absolute atomic E-state index is 11.3. The first-order chi connectivity index (χ1) is 15.4. The summed E-state index contributed by atoms with van der Waals surface area (Å²) < 4.78 is 0. The van der Waals surface area contributed by atoms with Crippen molar-refractivity contribution >= 4 is 27.4 Å². The first-order valence-electron chi connectivity index (χ1n) is 11.6. The first-order valence-corrected chi connectivity index (χ1v) is 11.6. The predicted octanol–water partition coefficient (Wildman–Crippen LogP) is 7.66.